The smallest absolute Gasteiger partial charge is 0.233 e. The van der Waals surface area contributed by atoms with Crippen LogP contribution in [-0.2, 0) is 0 Å². The summed E-state index contributed by atoms with van der Waals surface area (Å²) in [6.07, 6.45) is 9.09. The molecule has 0 saturated carbocycles. The lowest BCUT2D eigenvalue weighted by molar-refractivity contribution is 0.328. The predicted octanol–water partition coefficient (Wildman–Crippen LogP) is 2.73. The van der Waals surface area contributed by atoms with Crippen LogP contribution in [0.4, 0.5) is 0 Å². The molecule has 3 rings (SSSR count). The number of hydrogen-bond acceptors (Lipinski definition) is 4. The lowest BCUT2D eigenvalue weighted by Gasteiger charge is -2.08. The number of ether oxygens (including phenoxy) is 1. The van der Waals surface area contributed by atoms with Gasteiger partial charge in [0.1, 0.15) is 0 Å². The second kappa shape index (κ2) is 5.52. The van der Waals surface area contributed by atoms with Gasteiger partial charge in [-0.1, -0.05) is 0 Å². The molecule has 0 atom stereocenters. The molecule has 0 unspecified atom stereocenters. The first kappa shape index (κ1) is 12.3. The minimum Gasteiger partial charge on any atom is -0.478 e. The van der Waals surface area contributed by atoms with Crippen molar-refractivity contribution in [1.82, 2.24) is 19.5 Å². The maximum absolute atomic E-state index is 5.52. The van der Waals surface area contributed by atoms with Crippen molar-refractivity contribution in [3.8, 4) is 23.0 Å². The number of hydrogen-bond donors (Lipinski definition) is 0. The monoisotopic (exact) mass is 266 g/mol. The lowest BCUT2D eigenvalue weighted by atomic mass is 10.1. The fourth-order valence-electron chi connectivity index (χ4n) is 1.92. The van der Waals surface area contributed by atoms with Gasteiger partial charge in [0.05, 0.1) is 6.61 Å². The molecule has 0 aliphatic carbocycles. The van der Waals surface area contributed by atoms with Gasteiger partial charge in [0.25, 0.3) is 0 Å². The van der Waals surface area contributed by atoms with Gasteiger partial charge in [-0.15, -0.1) is 0 Å². The van der Waals surface area contributed by atoms with E-state index in [4.69, 9.17) is 4.74 Å². The molecule has 20 heavy (non-hydrogen) atoms. The summed E-state index contributed by atoms with van der Waals surface area (Å²) in [6, 6.07) is 7.70. The molecule has 0 spiro atoms. The highest BCUT2D eigenvalue weighted by Gasteiger charge is 2.08. The SMILES string of the molecule is CCOc1ncccc1-c1cnc(-n2cccc2)nc1. The fourth-order valence-corrected chi connectivity index (χ4v) is 1.92. The summed E-state index contributed by atoms with van der Waals surface area (Å²) in [5.41, 5.74) is 1.78. The van der Waals surface area contributed by atoms with Crippen molar-refractivity contribution in [2.45, 2.75) is 6.92 Å². The topological polar surface area (TPSA) is 52.8 Å². The van der Waals surface area contributed by atoms with Crippen molar-refractivity contribution in [3.05, 3.63) is 55.2 Å². The van der Waals surface area contributed by atoms with Crippen molar-refractivity contribution >= 4 is 0 Å². The van der Waals surface area contributed by atoms with Gasteiger partial charge in [-0.3, -0.25) is 4.57 Å². The van der Waals surface area contributed by atoms with E-state index in [9.17, 15) is 0 Å². The first-order valence-electron chi connectivity index (χ1n) is 6.42. The number of pyridine rings is 1. The van der Waals surface area contributed by atoms with Gasteiger partial charge in [-0.25, -0.2) is 15.0 Å². The third-order valence-corrected chi connectivity index (χ3v) is 2.84. The quantitative estimate of drug-likeness (QED) is 0.728. The van der Waals surface area contributed by atoms with E-state index in [0.717, 1.165) is 11.1 Å². The fraction of sp³-hybridized carbons (Fsp3) is 0.133. The highest BCUT2D eigenvalue weighted by atomic mass is 16.5. The largest absolute Gasteiger partial charge is 0.478 e. The Bertz CT molecular complexity index is 677. The summed E-state index contributed by atoms with van der Waals surface area (Å²) in [7, 11) is 0. The molecule has 3 aromatic heterocycles. The molecule has 0 radical (unpaired) electrons. The van der Waals surface area contributed by atoms with Crippen LogP contribution in [-0.4, -0.2) is 26.1 Å². The molecule has 0 aliphatic rings. The van der Waals surface area contributed by atoms with E-state index in [1.54, 1.807) is 18.6 Å². The highest BCUT2D eigenvalue weighted by molar-refractivity contribution is 5.66. The minimum atomic E-state index is 0.576. The summed E-state index contributed by atoms with van der Waals surface area (Å²) in [4.78, 5) is 13.0. The van der Waals surface area contributed by atoms with Gasteiger partial charge in [-0.2, -0.15) is 0 Å². The Morgan fingerprint density at radius 2 is 1.80 bits per heavy atom. The zero-order valence-electron chi connectivity index (χ0n) is 11.1. The van der Waals surface area contributed by atoms with Gasteiger partial charge in [0.15, 0.2) is 0 Å². The zero-order chi connectivity index (χ0) is 13.8. The van der Waals surface area contributed by atoms with Crippen LogP contribution in [0.2, 0.25) is 0 Å². The maximum Gasteiger partial charge on any atom is 0.233 e. The van der Waals surface area contributed by atoms with Crippen molar-refractivity contribution in [1.29, 1.82) is 0 Å². The molecule has 3 heterocycles. The van der Waals surface area contributed by atoms with Crippen LogP contribution < -0.4 is 4.74 Å². The Morgan fingerprint density at radius 3 is 2.50 bits per heavy atom. The Morgan fingerprint density at radius 1 is 1.05 bits per heavy atom. The molecule has 0 bridgehead atoms. The van der Waals surface area contributed by atoms with Crippen molar-refractivity contribution < 1.29 is 4.74 Å². The summed E-state index contributed by atoms with van der Waals surface area (Å²) in [6.45, 7) is 2.51. The van der Waals surface area contributed by atoms with Gasteiger partial charge < -0.3 is 4.74 Å². The van der Waals surface area contributed by atoms with E-state index in [2.05, 4.69) is 15.0 Å². The number of nitrogens with zero attached hydrogens (tertiary/aromatic N) is 4. The molecule has 0 aromatic carbocycles. The molecule has 5 heteroatoms. The summed E-state index contributed by atoms with van der Waals surface area (Å²) >= 11 is 0. The van der Waals surface area contributed by atoms with Gasteiger partial charge >= 0.3 is 0 Å². The number of rotatable bonds is 4. The molecule has 0 N–H and O–H groups in total. The second-order valence-electron chi connectivity index (χ2n) is 4.15. The second-order valence-corrected chi connectivity index (χ2v) is 4.15. The van der Waals surface area contributed by atoms with E-state index in [1.165, 1.54) is 0 Å². The molecule has 5 nitrogen and oxygen atoms in total. The Balaban J connectivity index is 1.95. The average Bonchev–Trinajstić information content (AvgIpc) is 3.03. The van der Waals surface area contributed by atoms with Crippen LogP contribution in [0.15, 0.2) is 55.2 Å². The lowest BCUT2D eigenvalue weighted by Crippen LogP contribution is -2.00. The van der Waals surface area contributed by atoms with E-state index >= 15 is 0 Å². The summed E-state index contributed by atoms with van der Waals surface area (Å²) < 4.78 is 7.38. The van der Waals surface area contributed by atoms with Crippen LogP contribution in [0.1, 0.15) is 6.92 Å². The third-order valence-electron chi connectivity index (χ3n) is 2.84. The van der Waals surface area contributed by atoms with Crippen LogP contribution >= 0.6 is 0 Å². The average molecular weight is 266 g/mol. The molecule has 0 aliphatic heterocycles. The van der Waals surface area contributed by atoms with Gasteiger partial charge in [0.2, 0.25) is 11.8 Å². The van der Waals surface area contributed by atoms with Crippen molar-refractivity contribution in [2.24, 2.45) is 0 Å². The molecule has 0 saturated heterocycles. The van der Waals surface area contributed by atoms with Crippen LogP contribution in [0.3, 0.4) is 0 Å². The first-order valence-corrected chi connectivity index (χ1v) is 6.42. The van der Waals surface area contributed by atoms with E-state index in [-0.39, 0.29) is 0 Å². The van der Waals surface area contributed by atoms with Crippen LogP contribution in [0.25, 0.3) is 17.1 Å². The molecule has 0 fully saturated rings. The highest BCUT2D eigenvalue weighted by Crippen LogP contribution is 2.26. The Hall–Kier alpha value is -2.69. The summed E-state index contributed by atoms with van der Waals surface area (Å²) in [5.74, 6) is 1.24. The summed E-state index contributed by atoms with van der Waals surface area (Å²) in [5, 5.41) is 0. The van der Waals surface area contributed by atoms with Crippen LogP contribution in [0, 0.1) is 0 Å². The number of aromatic nitrogens is 4. The Labute approximate surface area is 116 Å². The minimum absolute atomic E-state index is 0.576. The van der Waals surface area contributed by atoms with E-state index in [1.807, 2.05) is 48.1 Å². The first-order chi connectivity index (χ1) is 9.88. The van der Waals surface area contributed by atoms with Crippen LogP contribution in [0.5, 0.6) is 5.88 Å². The molecule has 3 aromatic rings. The van der Waals surface area contributed by atoms with E-state index < -0.39 is 0 Å². The van der Waals surface area contributed by atoms with Gasteiger partial charge in [-0.05, 0) is 31.2 Å². The van der Waals surface area contributed by atoms with Crippen molar-refractivity contribution in [3.63, 3.8) is 0 Å². The molecule has 0 amide bonds. The molecule has 100 valence electrons. The standard InChI is InChI=1S/C15H14N4O/c1-2-20-14-13(6-5-7-16-14)12-10-17-15(18-11-12)19-8-3-4-9-19/h3-11H,2H2,1H3. The molecular weight excluding hydrogens is 252 g/mol. The molecular formula is C15H14N4O. The maximum atomic E-state index is 5.52. The zero-order valence-corrected chi connectivity index (χ0v) is 11.1. The predicted molar refractivity (Wildman–Crippen MR) is 75.8 cm³/mol. The van der Waals surface area contributed by atoms with E-state index in [0.29, 0.717) is 18.4 Å². The Kier molecular flexibility index (Phi) is 3.41. The normalized spacial score (nSPS) is 10.4. The van der Waals surface area contributed by atoms with Gasteiger partial charge in [0, 0.05) is 42.1 Å². The third kappa shape index (κ3) is 2.38. The van der Waals surface area contributed by atoms with Crippen molar-refractivity contribution in [2.75, 3.05) is 6.61 Å².